The van der Waals surface area contributed by atoms with Crippen molar-refractivity contribution < 1.29 is 24.9 Å². The summed E-state index contributed by atoms with van der Waals surface area (Å²) in [6.45, 7) is 0.259. The van der Waals surface area contributed by atoms with E-state index < -0.39 is 30.8 Å². The number of imidazole rings is 1. The number of hydrogen-bond donors (Lipinski definition) is 5. The van der Waals surface area contributed by atoms with Crippen molar-refractivity contribution in [2.45, 2.75) is 24.2 Å². The molecule has 2 aromatic rings. The molecule has 0 aliphatic carbocycles. The predicted octanol–water partition coefficient (Wildman–Crippen LogP) is -3.17. The van der Waals surface area contributed by atoms with Crippen LogP contribution >= 0.6 is 0 Å². The van der Waals surface area contributed by atoms with Gasteiger partial charge < -0.3 is 29.8 Å². The van der Waals surface area contributed by atoms with Crippen molar-refractivity contribution in [3.63, 3.8) is 0 Å². The lowest BCUT2D eigenvalue weighted by Gasteiger charge is -2.29. The average Bonchev–Trinajstić information content (AvgIpc) is 3.15. The molecule has 0 saturated carbocycles. The minimum absolute atomic E-state index is 0.287. The average molecular weight is 355 g/mol. The van der Waals surface area contributed by atoms with Crippen LogP contribution in [0, 0.1) is 0 Å². The monoisotopic (exact) mass is 355 g/mol. The molecule has 1 fully saturated rings. The number of rotatable bonds is 6. The predicted molar refractivity (Wildman–Crippen MR) is 84.9 cm³/mol. The standard InChI is InChI=1S/C13H21N7O5/c1-19(2-3-24-15)11-8-12(17-5-16-11)20(6-18-8)13(14)10(23)9(22)7(4-21)25-13/h5-7,9-10,21-23H,2-4,14-15H2,1H3/t7-,9-,10-,13+/m1/s1. The van der Waals surface area contributed by atoms with E-state index in [4.69, 9.17) is 16.4 Å². The number of likely N-dealkylation sites (N-methyl/N-ethyl adjacent to an activating group) is 1. The summed E-state index contributed by atoms with van der Waals surface area (Å²) >= 11 is 0. The van der Waals surface area contributed by atoms with Crippen molar-refractivity contribution in [1.82, 2.24) is 19.5 Å². The van der Waals surface area contributed by atoms with Crippen LogP contribution in [0.15, 0.2) is 12.7 Å². The zero-order valence-corrected chi connectivity index (χ0v) is 13.6. The molecule has 12 nitrogen and oxygen atoms in total. The van der Waals surface area contributed by atoms with E-state index in [1.165, 1.54) is 17.2 Å². The Morgan fingerprint density at radius 3 is 2.80 bits per heavy atom. The first kappa shape index (κ1) is 17.9. The third-order valence-corrected chi connectivity index (χ3v) is 4.25. The number of aliphatic hydroxyl groups excluding tert-OH is 3. The molecule has 1 saturated heterocycles. The summed E-state index contributed by atoms with van der Waals surface area (Å²) in [5, 5.41) is 29.6. The Morgan fingerprint density at radius 1 is 1.40 bits per heavy atom. The van der Waals surface area contributed by atoms with Gasteiger partial charge in [-0.3, -0.25) is 10.3 Å². The van der Waals surface area contributed by atoms with E-state index in [0.717, 1.165) is 0 Å². The maximum absolute atomic E-state index is 10.3. The van der Waals surface area contributed by atoms with Gasteiger partial charge in [-0.2, -0.15) is 0 Å². The second kappa shape index (κ2) is 6.76. The zero-order chi connectivity index (χ0) is 18.2. The van der Waals surface area contributed by atoms with Crippen LogP contribution in [0.5, 0.6) is 0 Å². The van der Waals surface area contributed by atoms with Crippen molar-refractivity contribution in [2.75, 3.05) is 31.7 Å². The molecule has 3 heterocycles. The molecule has 0 radical (unpaired) electrons. The van der Waals surface area contributed by atoms with Gasteiger partial charge in [0.05, 0.1) is 13.2 Å². The van der Waals surface area contributed by atoms with E-state index in [2.05, 4.69) is 19.8 Å². The summed E-state index contributed by atoms with van der Waals surface area (Å²) in [6, 6.07) is 0. The van der Waals surface area contributed by atoms with Crippen molar-refractivity contribution in [3.05, 3.63) is 12.7 Å². The third kappa shape index (κ3) is 2.83. The summed E-state index contributed by atoms with van der Waals surface area (Å²) in [7, 11) is 1.78. The summed E-state index contributed by atoms with van der Waals surface area (Å²) in [5.41, 5.74) is 6.89. The van der Waals surface area contributed by atoms with Crippen molar-refractivity contribution >= 4 is 17.0 Å². The zero-order valence-electron chi connectivity index (χ0n) is 13.6. The van der Waals surface area contributed by atoms with Gasteiger partial charge in [0.25, 0.3) is 0 Å². The molecule has 25 heavy (non-hydrogen) atoms. The minimum atomic E-state index is -1.83. The van der Waals surface area contributed by atoms with Crippen molar-refractivity contribution in [2.24, 2.45) is 11.6 Å². The third-order valence-electron chi connectivity index (χ3n) is 4.25. The number of nitrogens with zero attached hydrogens (tertiary/aromatic N) is 5. The highest BCUT2D eigenvalue weighted by Crippen LogP contribution is 2.34. The molecule has 0 aromatic carbocycles. The van der Waals surface area contributed by atoms with E-state index in [1.807, 2.05) is 0 Å². The fourth-order valence-corrected chi connectivity index (χ4v) is 2.83. The molecule has 0 spiro atoms. The van der Waals surface area contributed by atoms with Crippen LogP contribution < -0.4 is 16.5 Å². The Balaban J connectivity index is 2.02. The first-order chi connectivity index (χ1) is 11.9. The minimum Gasteiger partial charge on any atom is -0.394 e. The first-order valence-corrected chi connectivity index (χ1v) is 7.59. The van der Waals surface area contributed by atoms with Crippen molar-refractivity contribution in [1.29, 1.82) is 0 Å². The molecule has 12 heteroatoms. The van der Waals surface area contributed by atoms with Gasteiger partial charge in [-0.15, -0.1) is 0 Å². The van der Waals surface area contributed by atoms with Gasteiger partial charge in [0.1, 0.15) is 31.0 Å². The molecule has 138 valence electrons. The summed E-state index contributed by atoms with van der Waals surface area (Å²) in [6.07, 6.45) is -1.20. The van der Waals surface area contributed by atoms with Crippen LogP contribution in [-0.4, -0.2) is 80.0 Å². The second-order valence-electron chi connectivity index (χ2n) is 5.80. The summed E-state index contributed by atoms with van der Waals surface area (Å²) < 4.78 is 6.79. The van der Waals surface area contributed by atoms with Crippen LogP contribution in [-0.2, 0) is 15.4 Å². The summed E-state index contributed by atoms with van der Waals surface area (Å²) in [5.74, 6) is 3.73. The van der Waals surface area contributed by atoms with Gasteiger partial charge in [-0.1, -0.05) is 0 Å². The Bertz CT molecular complexity index is 743. The van der Waals surface area contributed by atoms with Crippen molar-refractivity contribution in [3.8, 4) is 0 Å². The molecule has 0 bridgehead atoms. The SMILES string of the molecule is CN(CCON)c1ncnc2c1ncn2[C@]1(N)O[C@H](CO)[C@@H](O)[C@H]1O. The highest BCUT2D eigenvalue weighted by molar-refractivity contribution is 5.83. The lowest BCUT2D eigenvalue weighted by atomic mass is 10.1. The molecule has 7 N–H and O–H groups in total. The number of aromatic nitrogens is 4. The first-order valence-electron chi connectivity index (χ1n) is 7.59. The van der Waals surface area contributed by atoms with E-state index in [0.29, 0.717) is 23.5 Å². The maximum Gasteiger partial charge on any atom is 0.231 e. The Labute approximate surface area is 142 Å². The largest absolute Gasteiger partial charge is 0.394 e. The highest BCUT2D eigenvalue weighted by atomic mass is 16.6. The fourth-order valence-electron chi connectivity index (χ4n) is 2.83. The van der Waals surface area contributed by atoms with Crippen LogP contribution in [0.2, 0.25) is 0 Å². The number of ether oxygens (including phenoxy) is 1. The molecule has 0 unspecified atom stereocenters. The molecule has 1 aliphatic heterocycles. The van der Waals surface area contributed by atoms with Gasteiger partial charge in [-0.05, 0) is 0 Å². The molecule has 0 amide bonds. The van der Waals surface area contributed by atoms with Gasteiger partial charge in [0, 0.05) is 13.6 Å². The van der Waals surface area contributed by atoms with Gasteiger partial charge in [0.15, 0.2) is 17.0 Å². The van der Waals surface area contributed by atoms with Gasteiger partial charge >= 0.3 is 0 Å². The van der Waals surface area contributed by atoms with Crippen LogP contribution in [0.1, 0.15) is 0 Å². The quantitative estimate of drug-likeness (QED) is 0.330. The number of fused-ring (bicyclic) bond motifs is 1. The Kier molecular flexibility index (Phi) is 4.83. The lowest BCUT2D eigenvalue weighted by molar-refractivity contribution is -0.141. The second-order valence-corrected chi connectivity index (χ2v) is 5.80. The molecular weight excluding hydrogens is 334 g/mol. The lowest BCUT2D eigenvalue weighted by Crippen LogP contribution is -2.52. The molecular formula is C13H21N7O5. The normalized spacial score (nSPS) is 29.4. The molecule has 1 aliphatic rings. The number of nitrogens with two attached hydrogens (primary N) is 2. The topological polar surface area (TPSA) is 178 Å². The van der Waals surface area contributed by atoms with Crippen LogP contribution in [0.4, 0.5) is 5.82 Å². The summed E-state index contributed by atoms with van der Waals surface area (Å²) in [4.78, 5) is 18.9. The van der Waals surface area contributed by atoms with E-state index in [1.54, 1.807) is 11.9 Å². The fraction of sp³-hybridized carbons (Fsp3) is 0.615. The smallest absolute Gasteiger partial charge is 0.231 e. The van der Waals surface area contributed by atoms with Gasteiger partial charge in [-0.25, -0.2) is 20.8 Å². The highest BCUT2D eigenvalue weighted by Gasteiger charge is 2.54. The Morgan fingerprint density at radius 2 is 2.16 bits per heavy atom. The molecule has 4 atom stereocenters. The maximum atomic E-state index is 10.3. The number of hydrogen-bond acceptors (Lipinski definition) is 11. The Hall–Kier alpha value is -1.93. The van der Waals surface area contributed by atoms with E-state index in [9.17, 15) is 15.3 Å². The number of aliphatic hydroxyl groups is 3. The van der Waals surface area contributed by atoms with Gasteiger partial charge in [0.2, 0.25) is 5.85 Å². The molecule has 3 rings (SSSR count). The van der Waals surface area contributed by atoms with E-state index >= 15 is 0 Å². The molecule has 2 aromatic heterocycles. The van der Waals surface area contributed by atoms with E-state index in [-0.39, 0.29) is 6.61 Å². The number of anilines is 1. The van der Waals surface area contributed by atoms with Crippen LogP contribution in [0.25, 0.3) is 11.2 Å². The van der Waals surface area contributed by atoms with Crippen LogP contribution in [0.3, 0.4) is 0 Å².